The van der Waals surface area contributed by atoms with Crippen LogP contribution in [0.4, 0.5) is 0 Å². The van der Waals surface area contributed by atoms with Gasteiger partial charge in [0.05, 0.1) is 11.5 Å². The van der Waals surface area contributed by atoms with Crippen molar-refractivity contribution < 1.29 is 22.7 Å². The van der Waals surface area contributed by atoms with Crippen molar-refractivity contribution >= 4 is 44.6 Å². The second kappa shape index (κ2) is 9.84. The van der Waals surface area contributed by atoms with Gasteiger partial charge in [-0.2, -0.15) is 0 Å². The number of rotatable bonds is 8. The lowest BCUT2D eigenvalue weighted by Gasteiger charge is -2.17. The summed E-state index contributed by atoms with van der Waals surface area (Å²) in [5.74, 6) is -1.75. The van der Waals surface area contributed by atoms with Gasteiger partial charge in [0.1, 0.15) is 5.25 Å². The molecule has 0 fully saturated rings. The van der Waals surface area contributed by atoms with Crippen LogP contribution < -0.4 is 10.6 Å². The van der Waals surface area contributed by atoms with Crippen molar-refractivity contribution in [1.29, 1.82) is 0 Å². The molecule has 0 unspecified atom stereocenters. The molecule has 1 aromatic carbocycles. The van der Waals surface area contributed by atoms with Crippen molar-refractivity contribution in [3.63, 3.8) is 0 Å². The Morgan fingerprint density at radius 2 is 1.81 bits per heavy atom. The highest BCUT2D eigenvalue weighted by Crippen LogP contribution is 2.31. The molecule has 0 saturated heterocycles. The molecule has 2 amide bonds. The number of halogens is 1. The van der Waals surface area contributed by atoms with Gasteiger partial charge >= 0.3 is 11.8 Å². The van der Waals surface area contributed by atoms with Gasteiger partial charge in [0.15, 0.2) is 9.84 Å². The van der Waals surface area contributed by atoms with Crippen LogP contribution in [0.2, 0.25) is 5.02 Å². The van der Waals surface area contributed by atoms with E-state index in [1.54, 1.807) is 17.5 Å². The Morgan fingerprint density at radius 1 is 1.15 bits per heavy atom. The van der Waals surface area contributed by atoms with Crippen molar-refractivity contribution in [2.75, 3.05) is 26.8 Å². The summed E-state index contributed by atoms with van der Waals surface area (Å²) in [6.45, 7) is 0.212. The Kier molecular flexibility index (Phi) is 7.78. The highest BCUT2D eigenvalue weighted by molar-refractivity contribution is 7.91. The number of nitrogens with one attached hydrogen (secondary N) is 2. The third-order valence-corrected chi connectivity index (χ3v) is 7.11. The van der Waals surface area contributed by atoms with Crippen LogP contribution in [0.3, 0.4) is 0 Å². The second-order valence-electron chi connectivity index (χ2n) is 5.46. The second-order valence-corrected chi connectivity index (χ2v) is 9.01. The maximum atomic E-state index is 13.0. The van der Waals surface area contributed by atoms with Crippen molar-refractivity contribution in [2.24, 2.45) is 0 Å². The number of carbonyl (C=O) groups is 2. The molecule has 0 spiro atoms. The first-order valence-corrected chi connectivity index (χ1v) is 10.7. The minimum absolute atomic E-state index is 0.0871. The average Bonchev–Trinajstić information content (AvgIpc) is 3.16. The first-order valence-electron chi connectivity index (χ1n) is 7.94. The van der Waals surface area contributed by atoms with Gasteiger partial charge in [-0.05, 0) is 35.7 Å². The molecule has 0 radical (unpaired) electrons. The van der Waals surface area contributed by atoms with E-state index < -0.39 is 26.9 Å². The molecule has 2 aromatic rings. The molecule has 0 aliphatic carbocycles. The maximum absolute atomic E-state index is 13.0. The normalized spacial score (nSPS) is 12.4. The van der Waals surface area contributed by atoms with Crippen LogP contribution in [0.25, 0.3) is 0 Å². The number of benzene rings is 1. The minimum Gasteiger partial charge on any atom is -0.383 e. The Morgan fingerprint density at radius 3 is 2.41 bits per heavy atom. The van der Waals surface area contributed by atoms with Gasteiger partial charge in [0, 0.05) is 30.1 Å². The van der Waals surface area contributed by atoms with Crippen LogP contribution in [0.5, 0.6) is 0 Å². The van der Waals surface area contributed by atoms with Crippen LogP contribution in [0.15, 0.2) is 46.7 Å². The molecule has 0 aliphatic rings. The fourth-order valence-electron chi connectivity index (χ4n) is 2.24. The van der Waals surface area contributed by atoms with E-state index in [1.807, 2.05) is 0 Å². The number of carbonyl (C=O) groups excluding carboxylic acids is 2. The van der Waals surface area contributed by atoms with Crippen molar-refractivity contribution in [3.8, 4) is 0 Å². The fourth-order valence-corrected chi connectivity index (χ4v) is 5.15. The van der Waals surface area contributed by atoms with Gasteiger partial charge in [-0.1, -0.05) is 17.7 Å². The molecular formula is C17H19ClN2O5S2. The molecule has 1 aromatic heterocycles. The summed E-state index contributed by atoms with van der Waals surface area (Å²) in [5.41, 5.74) is 0. The van der Waals surface area contributed by atoms with E-state index in [0.717, 1.165) is 0 Å². The molecule has 1 atom stereocenters. The van der Waals surface area contributed by atoms with Gasteiger partial charge in [-0.3, -0.25) is 9.59 Å². The van der Waals surface area contributed by atoms with Gasteiger partial charge in [-0.25, -0.2) is 8.42 Å². The van der Waals surface area contributed by atoms with E-state index in [9.17, 15) is 18.0 Å². The van der Waals surface area contributed by atoms with E-state index in [0.29, 0.717) is 9.90 Å². The van der Waals surface area contributed by atoms with Gasteiger partial charge in [-0.15, -0.1) is 11.3 Å². The van der Waals surface area contributed by atoms with E-state index in [-0.39, 0.29) is 24.6 Å². The minimum atomic E-state index is -3.80. The molecule has 2 rings (SSSR count). The summed E-state index contributed by atoms with van der Waals surface area (Å²) >= 11 is 7.09. The summed E-state index contributed by atoms with van der Waals surface area (Å²) < 4.78 is 30.8. The van der Waals surface area contributed by atoms with E-state index in [2.05, 4.69) is 10.6 Å². The smallest absolute Gasteiger partial charge is 0.309 e. The predicted octanol–water partition coefficient (Wildman–Crippen LogP) is 1.80. The highest BCUT2D eigenvalue weighted by atomic mass is 35.5. The average molecular weight is 431 g/mol. The van der Waals surface area contributed by atoms with E-state index in [1.165, 1.54) is 42.7 Å². The van der Waals surface area contributed by atoms with E-state index in [4.69, 9.17) is 16.3 Å². The van der Waals surface area contributed by atoms with Crippen molar-refractivity contribution in [1.82, 2.24) is 10.6 Å². The number of hydrogen-bond acceptors (Lipinski definition) is 6. The third-order valence-electron chi connectivity index (χ3n) is 3.62. The predicted molar refractivity (Wildman–Crippen MR) is 104 cm³/mol. The molecule has 10 heteroatoms. The standard InChI is InChI=1S/C17H19ClN2O5S2/c1-25-9-8-19-16(21)17(22)20-11-15(14-3-2-10-26-14)27(23,24)13-6-4-12(18)5-7-13/h2-7,10,15H,8-9,11H2,1H3,(H,19,21)(H,20,22)/t15-/m0/s1. The van der Waals surface area contributed by atoms with Crippen LogP contribution in [0.1, 0.15) is 10.1 Å². The Bertz CT molecular complexity index is 867. The first-order chi connectivity index (χ1) is 12.9. The Hall–Kier alpha value is -1.94. The lowest BCUT2D eigenvalue weighted by Crippen LogP contribution is -2.43. The zero-order valence-electron chi connectivity index (χ0n) is 14.5. The summed E-state index contributed by atoms with van der Waals surface area (Å²) in [6, 6.07) is 9.20. The fraction of sp³-hybridized carbons (Fsp3) is 0.294. The van der Waals surface area contributed by atoms with Gasteiger partial charge in [0.2, 0.25) is 0 Å². The molecule has 27 heavy (non-hydrogen) atoms. The quantitative estimate of drug-likeness (QED) is 0.491. The van der Waals surface area contributed by atoms with Crippen molar-refractivity contribution in [2.45, 2.75) is 10.1 Å². The highest BCUT2D eigenvalue weighted by Gasteiger charge is 2.31. The molecule has 7 nitrogen and oxygen atoms in total. The zero-order valence-corrected chi connectivity index (χ0v) is 16.9. The summed E-state index contributed by atoms with van der Waals surface area (Å²) in [6.07, 6.45) is 0. The summed E-state index contributed by atoms with van der Waals surface area (Å²) in [7, 11) is -2.33. The van der Waals surface area contributed by atoms with E-state index >= 15 is 0 Å². The third kappa shape index (κ3) is 5.77. The summed E-state index contributed by atoms with van der Waals surface area (Å²) in [5, 5.41) is 5.92. The molecule has 2 N–H and O–H groups in total. The number of methoxy groups -OCH3 is 1. The largest absolute Gasteiger partial charge is 0.383 e. The topological polar surface area (TPSA) is 102 Å². The molecule has 1 heterocycles. The summed E-state index contributed by atoms with van der Waals surface area (Å²) in [4.78, 5) is 24.3. The van der Waals surface area contributed by atoms with Crippen LogP contribution in [-0.4, -0.2) is 47.0 Å². The van der Waals surface area contributed by atoms with Gasteiger partial charge in [0.25, 0.3) is 0 Å². The number of ether oxygens (including phenoxy) is 1. The molecule has 146 valence electrons. The van der Waals surface area contributed by atoms with Crippen LogP contribution in [0, 0.1) is 0 Å². The lowest BCUT2D eigenvalue weighted by molar-refractivity contribution is -0.139. The number of amides is 2. The van der Waals surface area contributed by atoms with Crippen molar-refractivity contribution in [3.05, 3.63) is 51.7 Å². The Balaban J connectivity index is 2.15. The number of hydrogen-bond donors (Lipinski definition) is 2. The molecular weight excluding hydrogens is 412 g/mol. The SMILES string of the molecule is COCCNC(=O)C(=O)NC[C@@H](c1cccs1)S(=O)(=O)c1ccc(Cl)cc1. The number of sulfone groups is 1. The molecule has 0 saturated carbocycles. The maximum Gasteiger partial charge on any atom is 0.309 e. The monoisotopic (exact) mass is 430 g/mol. The Labute approximate surface area is 166 Å². The molecule has 0 bridgehead atoms. The van der Waals surface area contributed by atoms with Gasteiger partial charge < -0.3 is 15.4 Å². The first kappa shape index (κ1) is 21.4. The van der Waals surface area contributed by atoms with Crippen LogP contribution >= 0.6 is 22.9 Å². The lowest BCUT2D eigenvalue weighted by atomic mass is 10.3. The number of thiophene rings is 1. The van der Waals surface area contributed by atoms with Crippen LogP contribution in [-0.2, 0) is 24.2 Å². The molecule has 0 aliphatic heterocycles. The zero-order chi connectivity index (χ0) is 19.9.